The van der Waals surface area contributed by atoms with Crippen molar-refractivity contribution in [2.24, 2.45) is 0 Å². The molecule has 0 saturated heterocycles. The van der Waals surface area contributed by atoms with E-state index in [1.807, 2.05) is 30.3 Å². The number of ether oxygens (including phenoxy) is 1. The van der Waals surface area contributed by atoms with Gasteiger partial charge in [0.1, 0.15) is 0 Å². The van der Waals surface area contributed by atoms with Crippen LogP contribution in [0.4, 0.5) is 0 Å². The summed E-state index contributed by atoms with van der Waals surface area (Å²) in [5.74, 6) is 6.21. The Morgan fingerprint density at radius 1 is 1.19 bits per heavy atom. The molecule has 1 N–H and O–H groups in total. The Balaban J connectivity index is 2.05. The molecule has 86 valence electrons. The van der Waals surface area contributed by atoms with Crippen LogP contribution in [0.2, 0.25) is 0 Å². The molecule has 0 aromatic heterocycles. The summed E-state index contributed by atoms with van der Waals surface area (Å²) in [7, 11) is 1.73. The largest absolute Gasteiger partial charge is 0.385 e. The number of hydrogen-bond acceptors (Lipinski definition) is 2. The lowest BCUT2D eigenvalue weighted by Crippen LogP contribution is -2.15. The van der Waals surface area contributed by atoms with Crippen LogP contribution in [0.25, 0.3) is 0 Å². The van der Waals surface area contributed by atoms with Gasteiger partial charge in [-0.05, 0) is 31.5 Å². The maximum atomic E-state index is 4.97. The second kappa shape index (κ2) is 8.96. The molecule has 0 unspecified atom stereocenters. The van der Waals surface area contributed by atoms with Crippen LogP contribution < -0.4 is 5.32 Å². The van der Waals surface area contributed by atoms with Crippen LogP contribution in [-0.2, 0) is 4.74 Å². The molecule has 0 bridgehead atoms. The molecule has 0 heterocycles. The first kappa shape index (κ1) is 12.8. The van der Waals surface area contributed by atoms with Crippen LogP contribution >= 0.6 is 0 Å². The summed E-state index contributed by atoms with van der Waals surface area (Å²) in [6.07, 6.45) is 2.25. The van der Waals surface area contributed by atoms with E-state index in [9.17, 15) is 0 Å². The van der Waals surface area contributed by atoms with Gasteiger partial charge in [-0.3, -0.25) is 0 Å². The summed E-state index contributed by atoms with van der Waals surface area (Å²) in [5, 5.41) is 3.29. The summed E-state index contributed by atoms with van der Waals surface area (Å²) >= 11 is 0. The van der Waals surface area contributed by atoms with Crippen LogP contribution in [0.3, 0.4) is 0 Å². The lowest BCUT2D eigenvalue weighted by atomic mass is 10.2. The highest BCUT2D eigenvalue weighted by Crippen LogP contribution is 1.94. The molecule has 1 aromatic carbocycles. The predicted molar refractivity (Wildman–Crippen MR) is 67.3 cm³/mol. The van der Waals surface area contributed by atoms with E-state index in [1.54, 1.807) is 7.11 Å². The van der Waals surface area contributed by atoms with Gasteiger partial charge in [-0.2, -0.15) is 0 Å². The van der Waals surface area contributed by atoms with Gasteiger partial charge in [0, 0.05) is 19.3 Å². The van der Waals surface area contributed by atoms with Gasteiger partial charge in [0.2, 0.25) is 0 Å². The second-order valence-corrected chi connectivity index (χ2v) is 3.54. The molecule has 0 spiro atoms. The number of unbranched alkanes of at least 4 members (excludes halogenated alkanes) is 1. The molecule has 0 atom stereocenters. The topological polar surface area (TPSA) is 21.3 Å². The molecule has 2 heteroatoms. The molecule has 0 aliphatic rings. The average Bonchev–Trinajstić information content (AvgIpc) is 2.34. The Morgan fingerprint density at radius 3 is 2.75 bits per heavy atom. The average molecular weight is 217 g/mol. The fourth-order valence-corrected chi connectivity index (χ4v) is 1.32. The minimum atomic E-state index is 0.752. The number of nitrogens with one attached hydrogen (secondary N) is 1. The van der Waals surface area contributed by atoms with E-state index in [2.05, 4.69) is 17.2 Å². The Kier molecular flexibility index (Phi) is 7.15. The molecule has 1 aromatic rings. The van der Waals surface area contributed by atoms with Gasteiger partial charge in [-0.1, -0.05) is 30.0 Å². The first-order chi connectivity index (χ1) is 7.93. The van der Waals surface area contributed by atoms with Gasteiger partial charge < -0.3 is 10.1 Å². The predicted octanol–water partition coefficient (Wildman–Crippen LogP) is 2.05. The van der Waals surface area contributed by atoms with Crippen LogP contribution in [0.5, 0.6) is 0 Å². The van der Waals surface area contributed by atoms with Crippen molar-refractivity contribution in [3.63, 3.8) is 0 Å². The molecule has 0 aliphatic carbocycles. The minimum Gasteiger partial charge on any atom is -0.385 e. The maximum Gasteiger partial charge on any atom is 0.0580 e. The number of methoxy groups -OCH3 is 1. The Morgan fingerprint density at radius 2 is 2.00 bits per heavy atom. The Bertz CT molecular complexity index is 324. The smallest absolute Gasteiger partial charge is 0.0580 e. The monoisotopic (exact) mass is 217 g/mol. The summed E-state index contributed by atoms with van der Waals surface area (Å²) < 4.78 is 4.97. The van der Waals surface area contributed by atoms with Crippen molar-refractivity contribution in [3.05, 3.63) is 35.9 Å². The van der Waals surface area contributed by atoms with Crippen molar-refractivity contribution in [1.82, 2.24) is 5.32 Å². The van der Waals surface area contributed by atoms with Crippen molar-refractivity contribution in [2.75, 3.05) is 26.8 Å². The standard InChI is InChI=1S/C14H19NO/c1-16-13-6-5-11-15-12-7-10-14-8-3-2-4-9-14/h2-4,8-9,15H,5-6,11-13H2,1H3. The van der Waals surface area contributed by atoms with E-state index < -0.39 is 0 Å². The normalized spacial score (nSPS) is 9.56. The molecule has 16 heavy (non-hydrogen) atoms. The zero-order valence-electron chi connectivity index (χ0n) is 9.83. The molecular formula is C14H19NO. The third-order valence-corrected chi connectivity index (χ3v) is 2.17. The molecule has 0 radical (unpaired) electrons. The first-order valence-electron chi connectivity index (χ1n) is 5.67. The van der Waals surface area contributed by atoms with Crippen molar-refractivity contribution in [3.8, 4) is 11.8 Å². The van der Waals surface area contributed by atoms with Crippen LogP contribution in [0.15, 0.2) is 30.3 Å². The van der Waals surface area contributed by atoms with Crippen LogP contribution in [0.1, 0.15) is 18.4 Å². The van der Waals surface area contributed by atoms with Gasteiger partial charge in [-0.25, -0.2) is 0 Å². The third kappa shape index (κ3) is 6.23. The van der Waals surface area contributed by atoms with E-state index in [0.29, 0.717) is 0 Å². The Hall–Kier alpha value is -1.30. The van der Waals surface area contributed by atoms with Crippen molar-refractivity contribution < 1.29 is 4.74 Å². The summed E-state index contributed by atoms with van der Waals surface area (Å²) in [5.41, 5.74) is 1.07. The van der Waals surface area contributed by atoms with E-state index in [-0.39, 0.29) is 0 Å². The fourth-order valence-electron chi connectivity index (χ4n) is 1.32. The maximum absolute atomic E-state index is 4.97. The lowest BCUT2D eigenvalue weighted by molar-refractivity contribution is 0.193. The van der Waals surface area contributed by atoms with Gasteiger partial charge in [-0.15, -0.1) is 0 Å². The molecule has 0 aliphatic heterocycles. The van der Waals surface area contributed by atoms with E-state index in [1.165, 1.54) is 0 Å². The molecule has 0 saturated carbocycles. The fraction of sp³-hybridized carbons (Fsp3) is 0.429. The molecule has 0 fully saturated rings. The highest BCUT2D eigenvalue weighted by Gasteiger charge is 1.86. The van der Waals surface area contributed by atoms with E-state index in [0.717, 1.165) is 38.1 Å². The Labute approximate surface area is 98.0 Å². The summed E-state index contributed by atoms with van der Waals surface area (Å²) in [6, 6.07) is 10.0. The zero-order valence-corrected chi connectivity index (χ0v) is 9.83. The van der Waals surface area contributed by atoms with E-state index in [4.69, 9.17) is 4.74 Å². The highest BCUT2D eigenvalue weighted by molar-refractivity contribution is 5.33. The van der Waals surface area contributed by atoms with E-state index >= 15 is 0 Å². The SMILES string of the molecule is COCCCCNCC#Cc1ccccc1. The quantitative estimate of drug-likeness (QED) is 0.581. The van der Waals surface area contributed by atoms with Crippen molar-refractivity contribution >= 4 is 0 Å². The molecular weight excluding hydrogens is 198 g/mol. The van der Waals surface area contributed by atoms with Crippen molar-refractivity contribution in [1.29, 1.82) is 0 Å². The van der Waals surface area contributed by atoms with Gasteiger partial charge >= 0.3 is 0 Å². The van der Waals surface area contributed by atoms with Crippen molar-refractivity contribution in [2.45, 2.75) is 12.8 Å². The summed E-state index contributed by atoms with van der Waals surface area (Å²) in [4.78, 5) is 0. The van der Waals surface area contributed by atoms with Gasteiger partial charge in [0.25, 0.3) is 0 Å². The van der Waals surface area contributed by atoms with Crippen LogP contribution in [-0.4, -0.2) is 26.8 Å². The lowest BCUT2D eigenvalue weighted by Gasteiger charge is -1.99. The zero-order chi connectivity index (χ0) is 11.5. The van der Waals surface area contributed by atoms with Gasteiger partial charge in [0.05, 0.1) is 6.54 Å². The van der Waals surface area contributed by atoms with Crippen LogP contribution in [0, 0.1) is 11.8 Å². The molecule has 2 nitrogen and oxygen atoms in total. The second-order valence-electron chi connectivity index (χ2n) is 3.54. The number of hydrogen-bond donors (Lipinski definition) is 1. The first-order valence-corrected chi connectivity index (χ1v) is 5.67. The molecule has 1 rings (SSSR count). The van der Waals surface area contributed by atoms with Gasteiger partial charge in [0.15, 0.2) is 0 Å². The highest BCUT2D eigenvalue weighted by atomic mass is 16.5. The minimum absolute atomic E-state index is 0.752. The number of rotatable bonds is 6. The summed E-state index contributed by atoms with van der Waals surface area (Å²) in [6.45, 7) is 2.60. The number of benzene rings is 1. The molecule has 0 amide bonds. The third-order valence-electron chi connectivity index (χ3n) is 2.17.